The number of nitrogens with one attached hydrogen (secondary N) is 2. The molecule has 1 unspecified atom stereocenters. The highest BCUT2D eigenvalue weighted by Crippen LogP contribution is 2.20. The molecule has 0 aliphatic carbocycles. The van der Waals surface area contributed by atoms with E-state index in [1.165, 1.54) is 12.1 Å². The number of carbonyl (C=O) groups is 1. The number of aromatic amines is 1. The van der Waals surface area contributed by atoms with Crippen LogP contribution in [0, 0.1) is 6.92 Å². The lowest BCUT2D eigenvalue weighted by Crippen LogP contribution is -2.43. The number of ether oxygens (including phenoxy) is 1. The Morgan fingerprint density at radius 3 is 2.56 bits per heavy atom. The third kappa shape index (κ3) is 4.37. The molecule has 0 saturated carbocycles. The highest BCUT2D eigenvalue weighted by molar-refractivity contribution is 7.89. The van der Waals surface area contributed by atoms with Gasteiger partial charge in [0.1, 0.15) is 6.04 Å². The molecule has 1 atom stereocenters. The minimum absolute atomic E-state index is 0.112. The zero-order valence-electron chi connectivity index (χ0n) is 15.2. The number of fused-ring (bicyclic) bond motifs is 1. The summed E-state index contributed by atoms with van der Waals surface area (Å²) >= 11 is 0. The first-order valence-electron chi connectivity index (χ1n) is 8.71. The molecule has 0 saturated heterocycles. The average molecular weight is 386 g/mol. The summed E-state index contributed by atoms with van der Waals surface area (Å²) in [5.74, 6) is -0.599. The van der Waals surface area contributed by atoms with Crippen LogP contribution < -0.4 is 4.72 Å². The number of aryl methyl sites for hydroxylation is 1. The van der Waals surface area contributed by atoms with Crippen molar-refractivity contribution in [1.82, 2.24) is 9.71 Å². The Labute approximate surface area is 158 Å². The zero-order chi connectivity index (χ0) is 19.4. The van der Waals surface area contributed by atoms with Crippen LogP contribution in [0.3, 0.4) is 0 Å². The van der Waals surface area contributed by atoms with E-state index in [0.29, 0.717) is 0 Å². The highest BCUT2D eigenvalue weighted by atomic mass is 32.2. The molecule has 1 heterocycles. The summed E-state index contributed by atoms with van der Waals surface area (Å²) < 4.78 is 33.0. The fourth-order valence-corrected chi connectivity index (χ4v) is 4.09. The predicted molar refractivity (Wildman–Crippen MR) is 104 cm³/mol. The minimum Gasteiger partial charge on any atom is -0.465 e. The van der Waals surface area contributed by atoms with Gasteiger partial charge >= 0.3 is 5.97 Å². The summed E-state index contributed by atoms with van der Waals surface area (Å²) in [5.41, 5.74) is 2.72. The van der Waals surface area contributed by atoms with E-state index in [9.17, 15) is 13.2 Å². The Morgan fingerprint density at radius 2 is 1.85 bits per heavy atom. The summed E-state index contributed by atoms with van der Waals surface area (Å²) in [6, 6.07) is 13.1. The first-order valence-corrected chi connectivity index (χ1v) is 10.2. The second-order valence-electron chi connectivity index (χ2n) is 6.30. The van der Waals surface area contributed by atoms with E-state index in [2.05, 4.69) is 9.71 Å². The molecule has 0 amide bonds. The molecule has 6 nitrogen and oxygen atoms in total. The maximum absolute atomic E-state index is 12.7. The number of rotatable bonds is 7. The van der Waals surface area contributed by atoms with Crippen molar-refractivity contribution < 1.29 is 17.9 Å². The molecule has 3 rings (SSSR count). The minimum atomic E-state index is -3.86. The van der Waals surface area contributed by atoms with Crippen LogP contribution in [-0.2, 0) is 26.0 Å². The van der Waals surface area contributed by atoms with E-state index in [-0.39, 0.29) is 17.9 Å². The summed E-state index contributed by atoms with van der Waals surface area (Å²) in [7, 11) is -3.86. The van der Waals surface area contributed by atoms with Gasteiger partial charge in [-0.15, -0.1) is 0 Å². The number of hydrogen-bond acceptors (Lipinski definition) is 4. The van der Waals surface area contributed by atoms with Gasteiger partial charge in [-0.2, -0.15) is 4.72 Å². The first kappa shape index (κ1) is 19.1. The van der Waals surface area contributed by atoms with E-state index < -0.39 is 22.0 Å². The van der Waals surface area contributed by atoms with Crippen LogP contribution in [0.5, 0.6) is 0 Å². The van der Waals surface area contributed by atoms with Gasteiger partial charge in [-0.25, -0.2) is 8.42 Å². The maximum atomic E-state index is 12.7. The lowest BCUT2D eigenvalue weighted by Gasteiger charge is -2.17. The number of para-hydroxylation sites is 1. The molecular weight excluding hydrogens is 364 g/mol. The molecule has 0 spiro atoms. The number of hydrogen-bond donors (Lipinski definition) is 2. The molecule has 2 N–H and O–H groups in total. The number of aromatic nitrogens is 1. The van der Waals surface area contributed by atoms with Crippen LogP contribution in [0.1, 0.15) is 18.1 Å². The van der Waals surface area contributed by atoms with Crippen molar-refractivity contribution in [3.8, 4) is 0 Å². The molecule has 2 aromatic carbocycles. The van der Waals surface area contributed by atoms with Gasteiger partial charge in [-0.05, 0) is 37.6 Å². The lowest BCUT2D eigenvalue weighted by molar-refractivity contribution is -0.145. The van der Waals surface area contributed by atoms with Gasteiger partial charge in [0.15, 0.2) is 0 Å². The molecule has 1 aromatic heterocycles. The summed E-state index contributed by atoms with van der Waals surface area (Å²) in [5, 5.41) is 0.946. The van der Waals surface area contributed by atoms with Crippen molar-refractivity contribution in [2.45, 2.75) is 31.2 Å². The van der Waals surface area contributed by atoms with Crippen LogP contribution in [0.15, 0.2) is 59.6 Å². The Hall–Kier alpha value is -2.64. The SMILES string of the molecule is CCOC(=O)C(Cc1c[nH]c2ccccc12)NS(=O)(=O)c1ccc(C)cc1. The Morgan fingerprint density at radius 1 is 1.15 bits per heavy atom. The predicted octanol–water partition coefficient (Wildman–Crippen LogP) is 2.93. The summed E-state index contributed by atoms with van der Waals surface area (Å²) in [6.45, 7) is 3.74. The Balaban J connectivity index is 1.89. The molecule has 0 fully saturated rings. The van der Waals surface area contributed by atoms with Gasteiger partial charge < -0.3 is 9.72 Å². The van der Waals surface area contributed by atoms with Crippen molar-refractivity contribution in [3.05, 3.63) is 65.9 Å². The topological polar surface area (TPSA) is 88.3 Å². The molecule has 3 aromatic rings. The van der Waals surface area contributed by atoms with Gasteiger partial charge in [0.25, 0.3) is 0 Å². The molecule has 0 radical (unpaired) electrons. The second kappa shape index (κ2) is 7.94. The van der Waals surface area contributed by atoms with Crippen LogP contribution in [0.25, 0.3) is 10.9 Å². The van der Waals surface area contributed by atoms with Gasteiger partial charge in [0.2, 0.25) is 10.0 Å². The third-order valence-corrected chi connectivity index (χ3v) is 5.79. The average Bonchev–Trinajstić information content (AvgIpc) is 3.05. The Bertz CT molecular complexity index is 1040. The van der Waals surface area contributed by atoms with Crippen molar-refractivity contribution in [2.75, 3.05) is 6.61 Å². The first-order chi connectivity index (χ1) is 12.9. The van der Waals surface area contributed by atoms with Gasteiger partial charge in [-0.1, -0.05) is 35.9 Å². The van der Waals surface area contributed by atoms with Crippen LogP contribution in [-0.4, -0.2) is 32.0 Å². The normalized spacial score (nSPS) is 12.8. The zero-order valence-corrected chi connectivity index (χ0v) is 16.0. The lowest BCUT2D eigenvalue weighted by atomic mass is 10.1. The van der Waals surface area contributed by atoms with Crippen LogP contribution in [0.4, 0.5) is 0 Å². The molecule has 0 aliphatic heterocycles. The van der Waals surface area contributed by atoms with E-state index in [1.54, 1.807) is 25.3 Å². The van der Waals surface area contributed by atoms with E-state index in [4.69, 9.17) is 4.74 Å². The smallest absolute Gasteiger partial charge is 0.324 e. The van der Waals surface area contributed by atoms with Crippen LogP contribution in [0.2, 0.25) is 0 Å². The Kier molecular flexibility index (Phi) is 5.62. The van der Waals surface area contributed by atoms with Crippen molar-refractivity contribution in [2.24, 2.45) is 0 Å². The van der Waals surface area contributed by atoms with Gasteiger partial charge in [0.05, 0.1) is 11.5 Å². The van der Waals surface area contributed by atoms with E-state index in [0.717, 1.165) is 22.0 Å². The number of benzene rings is 2. The number of esters is 1. The van der Waals surface area contributed by atoms with E-state index in [1.807, 2.05) is 31.2 Å². The van der Waals surface area contributed by atoms with Crippen molar-refractivity contribution >= 4 is 26.9 Å². The van der Waals surface area contributed by atoms with Gasteiger partial charge in [-0.3, -0.25) is 4.79 Å². The second-order valence-corrected chi connectivity index (χ2v) is 8.02. The molecule has 0 bridgehead atoms. The molecule has 7 heteroatoms. The largest absolute Gasteiger partial charge is 0.465 e. The quantitative estimate of drug-likeness (QED) is 0.611. The fourth-order valence-electron chi connectivity index (χ4n) is 2.91. The van der Waals surface area contributed by atoms with Gasteiger partial charge in [0, 0.05) is 23.5 Å². The van der Waals surface area contributed by atoms with Crippen LogP contribution >= 0.6 is 0 Å². The number of sulfonamides is 1. The van der Waals surface area contributed by atoms with Crippen molar-refractivity contribution in [3.63, 3.8) is 0 Å². The number of H-pyrrole nitrogens is 1. The summed E-state index contributed by atoms with van der Waals surface area (Å²) in [6.07, 6.45) is 1.98. The standard InChI is InChI=1S/C20H22N2O4S/c1-3-26-20(23)19(12-15-13-21-18-7-5-4-6-17(15)18)22-27(24,25)16-10-8-14(2)9-11-16/h4-11,13,19,21-22H,3,12H2,1-2H3. The molecule has 27 heavy (non-hydrogen) atoms. The van der Waals surface area contributed by atoms with E-state index >= 15 is 0 Å². The molecular formula is C20H22N2O4S. The summed E-state index contributed by atoms with van der Waals surface area (Å²) in [4.78, 5) is 15.7. The molecule has 142 valence electrons. The number of carbonyl (C=O) groups excluding carboxylic acids is 1. The van der Waals surface area contributed by atoms with Crippen molar-refractivity contribution in [1.29, 1.82) is 0 Å². The monoisotopic (exact) mass is 386 g/mol. The fraction of sp³-hybridized carbons (Fsp3) is 0.250. The molecule has 0 aliphatic rings. The highest BCUT2D eigenvalue weighted by Gasteiger charge is 2.28. The third-order valence-electron chi connectivity index (χ3n) is 4.30. The maximum Gasteiger partial charge on any atom is 0.324 e.